The third-order valence-electron chi connectivity index (χ3n) is 4.54. The van der Waals surface area contributed by atoms with Crippen LogP contribution >= 0.6 is 0 Å². The summed E-state index contributed by atoms with van der Waals surface area (Å²) < 4.78 is 59.4. The molecule has 3 heterocycles. The lowest BCUT2D eigenvalue weighted by atomic mass is 10.00. The Balaban J connectivity index is 1.43. The van der Waals surface area contributed by atoms with Crippen molar-refractivity contribution in [3.05, 3.63) is 48.2 Å². The van der Waals surface area contributed by atoms with Gasteiger partial charge in [-0.3, -0.25) is 0 Å². The standard InChI is InChI=1S/C19H17F4N5O2/c20-14-8-13(4-5-15(14)29-19(21,22)23)26-16-6-3-11(10-25-16)17-27-18(30-28-17)12-2-1-7-24-9-12/h3-6,8,10,12,24H,1-2,7,9H2,(H,25,26). The van der Waals surface area contributed by atoms with Gasteiger partial charge in [-0.1, -0.05) is 5.16 Å². The van der Waals surface area contributed by atoms with Gasteiger partial charge in [0.05, 0.1) is 5.92 Å². The van der Waals surface area contributed by atoms with E-state index in [1.165, 1.54) is 12.3 Å². The molecule has 11 heteroatoms. The number of piperidine rings is 1. The van der Waals surface area contributed by atoms with Gasteiger partial charge < -0.3 is 19.9 Å². The summed E-state index contributed by atoms with van der Waals surface area (Å²) in [5.74, 6) is -0.510. The van der Waals surface area contributed by atoms with Crippen molar-refractivity contribution in [1.82, 2.24) is 20.4 Å². The number of hydrogen-bond acceptors (Lipinski definition) is 7. The van der Waals surface area contributed by atoms with Crippen LogP contribution in [0.3, 0.4) is 0 Å². The fourth-order valence-corrected chi connectivity index (χ4v) is 3.11. The van der Waals surface area contributed by atoms with E-state index in [9.17, 15) is 17.6 Å². The highest BCUT2D eigenvalue weighted by atomic mass is 19.4. The lowest BCUT2D eigenvalue weighted by molar-refractivity contribution is -0.275. The van der Waals surface area contributed by atoms with E-state index in [0.29, 0.717) is 23.1 Å². The van der Waals surface area contributed by atoms with Crippen molar-refractivity contribution >= 4 is 11.5 Å². The molecule has 0 amide bonds. The monoisotopic (exact) mass is 423 g/mol. The maximum absolute atomic E-state index is 13.8. The molecule has 2 N–H and O–H groups in total. The second kappa shape index (κ2) is 8.27. The van der Waals surface area contributed by atoms with Gasteiger partial charge in [-0.15, -0.1) is 13.2 Å². The van der Waals surface area contributed by atoms with E-state index in [4.69, 9.17) is 4.52 Å². The van der Waals surface area contributed by atoms with Crippen LogP contribution in [0, 0.1) is 5.82 Å². The quantitative estimate of drug-likeness (QED) is 0.589. The number of benzene rings is 1. The molecule has 1 atom stereocenters. The van der Waals surface area contributed by atoms with E-state index in [2.05, 4.69) is 30.5 Å². The van der Waals surface area contributed by atoms with Gasteiger partial charge in [0.2, 0.25) is 11.7 Å². The minimum Gasteiger partial charge on any atom is -0.403 e. The van der Waals surface area contributed by atoms with Crippen LogP contribution in [-0.2, 0) is 0 Å². The third-order valence-corrected chi connectivity index (χ3v) is 4.54. The molecule has 0 aliphatic carbocycles. The summed E-state index contributed by atoms with van der Waals surface area (Å²) in [6, 6.07) is 6.36. The number of ether oxygens (including phenoxy) is 1. The van der Waals surface area contributed by atoms with E-state index in [-0.39, 0.29) is 11.6 Å². The van der Waals surface area contributed by atoms with Crippen molar-refractivity contribution in [3.8, 4) is 17.1 Å². The molecule has 0 spiro atoms. The highest BCUT2D eigenvalue weighted by molar-refractivity contribution is 5.61. The summed E-state index contributed by atoms with van der Waals surface area (Å²) in [6.45, 7) is 1.78. The van der Waals surface area contributed by atoms with E-state index in [1.54, 1.807) is 12.1 Å². The number of nitrogens with one attached hydrogen (secondary N) is 2. The molecule has 1 aromatic carbocycles. The maximum Gasteiger partial charge on any atom is 0.573 e. The molecule has 1 fully saturated rings. The zero-order chi connectivity index (χ0) is 21.1. The number of anilines is 2. The first-order valence-electron chi connectivity index (χ1n) is 9.20. The molecule has 1 saturated heterocycles. The first-order chi connectivity index (χ1) is 14.4. The number of halogens is 4. The molecule has 0 saturated carbocycles. The Morgan fingerprint density at radius 1 is 1.20 bits per heavy atom. The molecule has 1 aliphatic heterocycles. The molecular weight excluding hydrogens is 406 g/mol. The van der Waals surface area contributed by atoms with Crippen LogP contribution < -0.4 is 15.4 Å². The molecular formula is C19H17F4N5O2. The number of hydrogen-bond donors (Lipinski definition) is 2. The first-order valence-corrected chi connectivity index (χ1v) is 9.20. The smallest absolute Gasteiger partial charge is 0.403 e. The van der Waals surface area contributed by atoms with Gasteiger partial charge in [0, 0.05) is 30.1 Å². The molecule has 158 valence electrons. The Bertz CT molecular complexity index is 1000. The Kier molecular flexibility index (Phi) is 5.53. The van der Waals surface area contributed by atoms with Gasteiger partial charge in [-0.05, 0) is 43.7 Å². The number of aromatic nitrogens is 3. The lowest BCUT2D eigenvalue weighted by Crippen LogP contribution is -2.28. The van der Waals surface area contributed by atoms with Crippen molar-refractivity contribution in [2.75, 3.05) is 18.4 Å². The predicted molar refractivity (Wildman–Crippen MR) is 98.7 cm³/mol. The summed E-state index contributed by atoms with van der Waals surface area (Å²) in [6.07, 6.45) is -1.41. The van der Waals surface area contributed by atoms with Gasteiger partial charge in [0.15, 0.2) is 11.6 Å². The Hall–Kier alpha value is -3.21. The van der Waals surface area contributed by atoms with Crippen LogP contribution in [0.15, 0.2) is 41.1 Å². The number of pyridine rings is 1. The second-order valence-electron chi connectivity index (χ2n) is 6.75. The zero-order valence-corrected chi connectivity index (χ0v) is 15.5. The van der Waals surface area contributed by atoms with Crippen LogP contribution in [0.5, 0.6) is 5.75 Å². The molecule has 0 radical (unpaired) electrons. The van der Waals surface area contributed by atoms with Crippen LogP contribution in [-0.4, -0.2) is 34.6 Å². The van der Waals surface area contributed by atoms with Gasteiger partial charge in [0.25, 0.3) is 0 Å². The fourth-order valence-electron chi connectivity index (χ4n) is 3.11. The lowest BCUT2D eigenvalue weighted by Gasteiger charge is -2.18. The van der Waals surface area contributed by atoms with Gasteiger partial charge in [-0.2, -0.15) is 4.98 Å². The van der Waals surface area contributed by atoms with E-state index >= 15 is 0 Å². The average molecular weight is 423 g/mol. The summed E-state index contributed by atoms with van der Waals surface area (Å²) in [4.78, 5) is 8.64. The largest absolute Gasteiger partial charge is 0.573 e. The molecule has 3 aromatic rings. The minimum atomic E-state index is -4.96. The number of nitrogens with zero attached hydrogens (tertiary/aromatic N) is 3. The van der Waals surface area contributed by atoms with Crippen molar-refractivity contribution in [3.63, 3.8) is 0 Å². The topological polar surface area (TPSA) is 85.1 Å². The number of rotatable bonds is 5. The van der Waals surface area contributed by atoms with Gasteiger partial charge in [-0.25, -0.2) is 9.37 Å². The van der Waals surface area contributed by atoms with Gasteiger partial charge in [0.1, 0.15) is 5.82 Å². The summed E-state index contributed by atoms with van der Waals surface area (Å²) in [5.41, 5.74) is 0.855. The Morgan fingerprint density at radius 2 is 2.07 bits per heavy atom. The van der Waals surface area contributed by atoms with Crippen LogP contribution in [0.4, 0.5) is 29.1 Å². The third kappa shape index (κ3) is 4.85. The Morgan fingerprint density at radius 3 is 2.73 bits per heavy atom. The van der Waals surface area contributed by atoms with Gasteiger partial charge >= 0.3 is 6.36 Å². The highest BCUT2D eigenvalue weighted by Crippen LogP contribution is 2.29. The molecule has 7 nitrogen and oxygen atoms in total. The predicted octanol–water partition coefficient (Wildman–Crippen LogP) is 4.38. The van der Waals surface area contributed by atoms with Crippen molar-refractivity contribution in [1.29, 1.82) is 0 Å². The molecule has 0 bridgehead atoms. The van der Waals surface area contributed by atoms with Crippen LogP contribution in [0.25, 0.3) is 11.4 Å². The van der Waals surface area contributed by atoms with E-state index in [1.807, 2.05) is 0 Å². The van der Waals surface area contributed by atoms with Crippen molar-refractivity contribution < 1.29 is 26.8 Å². The molecule has 1 unspecified atom stereocenters. The molecule has 30 heavy (non-hydrogen) atoms. The van der Waals surface area contributed by atoms with E-state index in [0.717, 1.165) is 38.1 Å². The normalized spacial score (nSPS) is 17.0. The minimum absolute atomic E-state index is 0.188. The summed E-state index contributed by atoms with van der Waals surface area (Å²) >= 11 is 0. The van der Waals surface area contributed by atoms with Crippen LogP contribution in [0.2, 0.25) is 0 Å². The second-order valence-corrected chi connectivity index (χ2v) is 6.75. The molecule has 2 aromatic heterocycles. The highest BCUT2D eigenvalue weighted by Gasteiger charge is 2.32. The zero-order valence-electron chi connectivity index (χ0n) is 15.5. The fraction of sp³-hybridized carbons (Fsp3) is 0.316. The molecule has 4 rings (SSSR count). The van der Waals surface area contributed by atoms with Crippen LogP contribution in [0.1, 0.15) is 24.7 Å². The van der Waals surface area contributed by atoms with E-state index < -0.39 is 17.9 Å². The maximum atomic E-state index is 13.8. The summed E-state index contributed by atoms with van der Waals surface area (Å²) in [7, 11) is 0. The summed E-state index contributed by atoms with van der Waals surface area (Å²) in [5, 5.41) is 10.1. The Labute approximate surface area is 168 Å². The average Bonchev–Trinajstić information content (AvgIpc) is 3.21. The SMILES string of the molecule is Fc1cc(Nc2ccc(-c3noc(C4CCCNC4)n3)cn2)ccc1OC(F)(F)F. The van der Waals surface area contributed by atoms with Crippen molar-refractivity contribution in [2.24, 2.45) is 0 Å². The van der Waals surface area contributed by atoms with Crippen molar-refractivity contribution in [2.45, 2.75) is 25.1 Å². The number of alkyl halides is 3. The molecule has 1 aliphatic rings. The first kappa shape index (κ1) is 20.1.